The van der Waals surface area contributed by atoms with Gasteiger partial charge in [-0.15, -0.1) is 6.58 Å². The van der Waals surface area contributed by atoms with Crippen LogP contribution in [0.1, 0.15) is 5.56 Å². The zero-order chi connectivity index (χ0) is 13.1. The molecule has 1 aromatic carbocycles. The third-order valence-corrected chi connectivity index (χ3v) is 4.45. The molecule has 1 heterocycles. The average molecular weight is 387 g/mol. The number of rotatable bonds is 3. The van der Waals surface area contributed by atoms with Crippen molar-refractivity contribution < 1.29 is 4.79 Å². The van der Waals surface area contributed by atoms with Crippen LogP contribution in [-0.2, 0) is 4.79 Å². The van der Waals surface area contributed by atoms with E-state index < -0.39 is 0 Å². The van der Waals surface area contributed by atoms with E-state index in [1.54, 1.807) is 11.0 Å². The van der Waals surface area contributed by atoms with Gasteiger partial charge in [-0.3, -0.25) is 9.69 Å². The Morgan fingerprint density at radius 1 is 1.39 bits per heavy atom. The molecule has 1 aliphatic heterocycles. The van der Waals surface area contributed by atoms with Crippen LogP contribution in [0.4, 0.5) is 0 Å². The molecule has 5 heteroatoms. The highest BCUT2D eigenvalue weighted by Gasteiger charge is 2.30. The fourth-order valence-corrected chi connectivity index (χ4v) is 3.13. The van der Waals surface area contributed by atoms with E-state index in [4.69, 9.17) is 12.2 Å². The molecular weight excluding hydrogens is 377 g/mol. The molecule has 92 valence electrons. The van der Waals surface area contributed by atoms with Gasteiger partial charge in [0.2, 0.25) is 0 Å². The number of amides is 1. The summed E-state index contributed by atoms with van der Waals surface area (Å²) in [6.45, 7) is 4.10. The van der Waals surface area contributed by atoms with Crippen molar-refractivity contribution in [1.82, 2.24) is 4.90 Å². The minimum atomic E-state index is -0.0385. The molecule has 1 amide bonds. The number of benzene rings is 1. The van der Waals surface area contributed by atoms with E-state index >= 15 is 0 Å². The molecule has 0 bridgehead atoms. The summed E-state index contributed by atoms with van der Waals surface area (Å²) >= 11 is 8.77. The van der Waals surface area contributed by atoms with E-state index in [1.807, 2.05) is 30.3 Å². The highest BCUT2D eigenvalue weighted by atomic mass is 127. The standard InChI is InChI=1S/C13H10INOS2/c1-2-7-15-12(16)11(18-13(15)17)8-9-3-5-10(14)6-4-9/h2-6,8H,1,7H2/b11-8+. The Bertz CT molecular complexity index is 536. The molecule has 2 rings (SSSR count). The van der Waals surface area contributed by atoms with Crippen LogP contribution in [0.5, 0.6) is 0 Å². The first kappa shape index (κ1) is 13.8. The van der Waals surface area contributed by atoms with Crippen LogP contribution >= 0.6 is 46.6 Å². The van der Waals surface area contributed by atoms with Crippen LogP contribution in [-0.4, -0.2) is 21.7 Å². The zero-order valence-corrected chi connectivity index (χ0v) is 13.2. The van der Waals surface area contributed by atoms with Crippen LogP contribution < -0.4 is 0 Å². The highest BCUT2D eigenvalue weighted by molar-refractivity contribution is 14.1. The molecule has 1 aliphatic rings. The van der Waals surface area contributed by atoms with Gasteiger partial charge in [0.25, 0.3) is 5.91 Å². The lowest BCUT2D eigenvalue weighted by atomic mass is 10.2. The van der Waals surface area contributed by atoms with Gasteiger partial charge in [0.1, 0.15) is 4.32 Å². The van der Waals surface area contributed by atoms with Crippen molar-refractivity contribution in [2.75, 3.05) is 6.54 Å². The van der Waals surface area contributed by atoms with Crippen molar-refractivity contribution in [3.63, 3.8) is 0 Å². The third kappa shape index (κ3) is 3.02. The van der Waals surface area contributed by atoms with E-state index in [0.717, 1.165) is 5.56 Å². The molecule has 0 radical (unpaired) electrons. The van der Waals surface area contributed by atoms with E-state index in [-0.39, 0.29) is 5.91 Å². The molecular formula is C13H10INOS2. The summed E-state index contributed by atoms with van der Waals surface area (Å²) in [5.74, 6) is -0.0385. The second-order valence-corrected chi connectivity index (χ2v) is 6.55. The first-order valence-corrected chi connectivity index (χ1v) is 7.54. The predicted octanol–water partition coefficient (Wildman–Crippen LogP) is 3.68. The van der Waals surface area contributed by atoms with Crippen LogP contribution in [0.15, 0.2) is 41.8 Å². The molecule has 0 unspecified atom stereocenters. The second kappa shape index (κ2) is 5.99. The molecule has 0 aliphatic carbocycles. The van der Waals surface area contributed by atoms with Crippen LogP contribution in [0, 0.1) is 3.57 Å². The molecule has 1 fully saturated rings. The Morgan fingerprint density at radius 2 is 2.06 bits per heavy atom. The van der Waals surface area contributed by atoms with Crippen LogP contribution in [0.3, 0.4) is 0 Å². The first-order valence-electron chi connectivity index (χ1n) is 5.23. The van der Waals surface area contributed by atoms with E-state index in [2.05, 4.69) is 29.2 Å². The number of halogens is 1. The highest BCUT2D eigenvalue weighted by Crippen LogP contribution is 2.32. The fourth-order valence-electron chi connectivity index (χ4n) is 1.50. The van der Waals surface area contributed by atoms with Gasteiger partial charge >= 0.3 is 0 Å². The number of hydrogen-bond donors (Lipinski definition) is 0. The Labute approximate surface area is 129 Å². The third-order valence-electron chi connectivity index (χ3n) is 2.35. The van der Waals surface area contributed by atoms with Crippen molar-refractivity contribution in [2.24, 2.45) is 0 Å². The zero-order valence-electron chi connectivity index (χ0n) is 9.43. The number of carbonyl (C=O) groups is 1. The van der Waals surface area contributed by atoms with Crippen molar-refractivity contribution in [3.05, 3.63) is 51.0 Å². The molecule has 0 spiro atoms. The molecule has 1 saturated heterocycles. The van der Waals surface area contributed by atoms with Gasteiger partial charge < -0.3 is 0 Å². The van der Waals surface area contributed by atoms with Crippen molar-refractivity contribution in [2.45, 2.75) is 0 Å². The Balaban J connectivity index is 2.24. The van der Waals surface area contributed by atoms with Crippen LogP contribution in [0.2, 0.25) is 0 Å². The lowest BCUT2D eigenvalue weighted by Crippen LogP contribution is -2.27. The minimum Gasteiger partial charge on any atom is -0.289 e. The molecule has 0 saturated carbocycles. The van der Waals surface area contributed by atoms with Crippen molar-refractivity contribution >= 4 is 62.9 Å². The van der Waals surface area contributed by atoms with Gasteiger partial charge in [0.05, 0.1) is 4.91 Å². The molecule has 2 nitrogen and oxygen atoms in total. The summed E-state index contributed by atoms with van der Waals surface area (Å²) in [6, 6.07) is 8.00. The maximum Gasteiger partial charge on any atom is 0.266 e. The molecule has 1 aromatic rings. The SMILES string of the molecule is C=CCN1C(=O)/C(=C\c2ccc(I)cc2)SC1=S. The van der Waals surface area contributed by atoms with E-state index in [1.165, 1.54) is 15.3 Å². The molecule has 0 aromatic heterocycles. The number of nitrogens with zero attached hydrogens (tertiary/aromatic N) is 1. The number of hydrogen-bond acceptors (Lipinski definition) is 3. The Morgan fingerprint density at radius 3 is 2.67 bits per heavy atom. The summed E-state index contributed by atoms with van der Waals surface area (Å²) in [7, 11) is 0. The predicted molar refractivity (Wildman–Crippen MR) is 89.2 cm³/mol. The van der Waals surface area contributed by atoms with E-state index in [0.29, 0.717) is 15.8 Å². The quantitative estimate of drug-likeness (QED) is 0.342. The van der Waals surface area contributed by atoms with Gasteiger partial charge in [0, 0.05) is 10.1 Å². The largest absolute Gasteiger partial charge is 0.289 e. The van der Waals surface area contributed by atoms with Gasteiger partial charge in [-0.1, -0.05) is 42.2 Å². The molecule has 0 N–H and O–H groups in total. The average Bonchev–Trinajstić information content (AvgIpc) is 2.60. The molecule has 18 heavy (non-hydrogen) atoms. The van der Waals surface area contributed by atoms with Gasteiger partial charge in [-0.25, -0.2) is 0 Å². The topological polar surface area (TPSA) is 20.3 Å². The summed E-state index contributed by atoms with van der Waals surface area (Å²) in [5, 5.41) is 0. The lowest BCUT2D eigenvalue weighted by Gasteiger charge is -2.10. The maximum atomic E-state index is 12.1. The van der Waals surface area contributed by atoms with Crippen molar-refractivity contribution in [3.8, 4) is 0 Å². The lowest BCUT2D eigenvalue weighted by molar-refractivity contribution is -0.121. The Hall–Kier alpha value is -0.660. The summed E-state index contributed by atoms with van der Waals surface area (Å²) in [6.07, 6.45) is 3.55. The fraction of sp³-hybridized carbons (Fsp3) is 0.0769. The minimum absolute atomic E-state index is 0.0385. The smallest absolute Gasteiger partial charge is 0.266 e. The monoisotopic (exact) mass is 387 g/mol. The van der Waals surface area contributed by atoms with Gasteiger partial charge in [-0.05, 0) is 46.4 Å². The van der Waals surface area contributed by atoms with E-state index in [9.17, 15) is 4.79 Å². The van der Waals surface area contributed by atoms with Gasteiger partial charge in [-0.2, -0.15) is 0 Å². The van der Waals surface area contributed by atoms with Gasteiger partial charge in [0.15, 0.2) is 0 Å². The van der Waals surface area contributed by atoms with Crippen LogP contribution in [0.25, 0.3) is 6.08 Å². The summed E-state index contributed by atoms with van der Waals surface area (Å²) < 4.78 is 1.76. The molecule has 0 atom stereocenters. The second-order valence-electron chi connectivity index (χ2n) is 3.63. The number of thiocarbonyl (C=S) groups is 1. The number of carbonyl (C=O) groups excluding carboxylic acids is 1. The normalized spacial score (nSPS) is 17.6. The summed E-state index contributed by atoms with van der Waals surface area (Å²) in [4.78, 5) is 14.3. The van der Waals surface area contributed by atoms with Crippen molar-refractivity contribution in [1.29, 1.82) is 0 Å². The Kier molecular flexibility index (Phi) is 4.58. The first-order chi connectivity index (χ1) is 8.61. The maximum absolute atomic E-state index is 12.1. The number of thioether (sulfide) groups is 1. The summed E-state index contributed by atoms with van der Waals surface area (Å²) in [5.41, 5.74) is 1.01.